The molecule has 1 atom stereocenters. The highest BCUT2D eigenvalue weighted by molar-refractivity contribution is 7.97. The molecule has 2 nitrogen and oxygen atoms in total. The van der Waals surface area contributed by atoms with Gasteiger partial charge in [0.05, 0.1) is 6.61 Å². The van der Waals surface area contributed by atoms with Crippen molar-refractivity contribution >= 4 is 46.3 Å². The maximum absolute atomic E-state index is 6.08. The molecule has 0 spiro atoms. The highest BCUT2D eigenvalue weighted by Crippen LogP contribution is 2.35. The van der Waals surface area contributed by atoms with Crippen LogP contribution in [0.4, 0.5) is 0 Å². The Balaban J connectivity index is 2.01. The smallest absolute Gasteiger partial charge is 0.0622 e. The van der Waals surface area contributed by atoms with Crippen LogP contribution in [-0.2, 0) is 9.94 Å². The van der Waals surface area contributed by atoms with Crippen molar-refractivity contribution in [1.82, 2.24) is 4.98 Å². The second kappa shape index (κ2) is 9.04. The summed E-state index contributed by atoms with van der Waals surface area (Å²) in [7, 11) is 0. The number of thioether (sulfide) groups is 1. The van der Waals surface area contributed by atoms with Gasteiger partial charge < -0.3 is 9.17 Å². The lowest BCUT2D eigenvalue weighted by Gasteiger charge is -2.17. The van der Waals surface area contributed by atoms with Crippen molar-refractivity contribution in [3.05, 3.63) is 70.4 Å². The molecule has 0 aliphatic heterocycles. The zero-order valence-electron chi connectivity index (χ0n) is 14.4. The molecule has 132 valence electrons. The van der Waals surface area contributed by atoms with Crippen molar-refractivity contribution in [3.8, 4) is 0 Å². The van der Waals surface area contributed by atoms with Crippen LogP contribution in [-0.4, -0.2) is 24.1 Å². The third-order valence-electron chi connectivity index (χ3n) is 4.39. The van der Waals surface area contributed by atoms with Crippen LogP contribution < -0.4 is 0 Å². The molecular weight excluding hydrogens is 370 g/mol. The van der Waals surface area contributed by atoms with Crippen molar-refractivity contribution in [2.45, 2.75) is 18.1 Å². The summed E-state index contributed by atoms with van der Waals surface area (Å²) < 4.78 is 5.56. The number of hydrogen-bond acceptors (Lipinski definition) is 3. The van der Waals surface area contributed by atoms with Crippen LogP contribution in [0.3, 0.4) is 0 Å². The molecule has 1 unspecified atom stereocenters. The summed E-state index contributed by atoms with van der Waals surface area (Å²) in [4.78, 5) is 3.51. The first-order valence-electron chi connectivity index (χ1n) is 8.23. The lowest BCUT2D eigenvalue weighted by Crippen LogP contribution is -2.04. The largest absolute Gasteiger partial charge is 0.361 e. The quantitative estimate of drug-likeness (QED) is 0.350. The van der Waals surface area contributed by atoms with E-state index in [0.717, 1.165) is 17.2 Å². The van der Waals surface area contributed by atoms with Crippen LogP contribution in [0, 0.1) is 0 Å². The Kier molecular flexibility index (Phi) is 6.77. The summed E-state index contributed by atoms with van der Waals surface area (Å²) in [5.41, 5.74) is 5.19. The third kappa shape index (κ3) is 4.37. The fraction of sp³-hybridized carbons (Fsp3) is 0.300. The fourth-order valence-corrected chi connectivity index (χ4v) is 4.19. The zero-order valence-corrected chi connectivity index (χ0v) is 16.8. The standard InChI is InChI=1S/C20H22ClNOS2/c1-24-13-15-4-3-5-18-19(12-22-20(15)18)17(10-11-23-25-2)14-6-8-16(21)9-7-14/h3-9,12,17,22H,10-11,13H2,1-2H3. The Morgan fingerprint density at radius 3 is 2.64 bits per heavy atom. The maximum atomic E-state index is 6.08. The summed E-state index contributed by atoms with van der Waals surface area (Å²) in [5, 5.41) is 2.07. The minimum atomic E-state index is 0.280. The summed E-state index contributed by atoms with van der Waals surface area (Å²) in [6, 6.07) is 14.7. The first-order chi connectivity index (χ1) is 12.2. The molecule has 25 heavy (non-hydrogen) atoms. The lowest BCUT2D eigenvalue weighted by atomic mass is 9.88. The summed E-state index contributed by atoms with van der Waals surface area (Å²) >= 11 is 9.35. The number of H-pyrrole nitrogens is 1. The van der Waals surface area contributed by atoms with Gasteiger partial charge in [-0.25, -0.2) is 0 Å². The van der Waals surface area contributed by atoms with Gasteiger partial charge >= 0.3 is 0 Å². The highest BCUT2D eigenvalue weighted by Gasteiger charge is 2.19. The van der Waals surface area contributed by atoms with E-state index in [0.29, 0.717) is 6.61 Å². The molecule has 1 heterocycles. The Morgan fingerprint density at radius 2 is 1.92 bits per heavy atom. The minimum absolute atomic E-state index is 0.280. The van der Waals surface area contributed by atoms with E-state index in [1.54, 1.807) is 0 Å². The summed E-state index contributed by atoms with van der Waals surface area (Å²) in [5.74, 6) is 1.29. The Morgan fingerprint density at radius 1 is 1.12 bits per heavy atom. The third-order valence-corrected chi connectivity index (χ3v) is 5.64. The van der Waals surface area contributed by atoms with Crippen molar-refractivity contribution in [2.24, 2.45) is 0 Å². The van der Waals surface area contributed by atoms with E-state index in [4.69, 9.17) is 15.8 Å². The molecule has 3 rings (SSSR count). The van der Waals surface area contributed by atoms with Gasteiger partial charge in [0.15, 0.2) is 0 Å². The SMILES string of the molecule is CSCc1cccc2c(C(CCOSC)c3ccc(Cl)cc3)c[nH]c12. The lowest BCUT2D eigenvalue weighted by molar-refractivity contribution is 0.357. The zero-order chi connectivity index (χ0) is 17.6. The van der Waals surface area contributed by atoms with Gasteiger partial charge in [0.1, 0.15) is 0 Å². The number of halogens is 1. The average molecular weight is 392 g/mol. The van der Waals surface area contributed by atoms with Gasteiger partial charge in [0, 0.05) is 40.0 Å². The Hall–Kier alpha value is -1.07. The molecule has 5 heteroatoms. The van der Waals surface area contributed by atoms with E-state index in [2.05, 4.69) is 47.8 Å². The first kappa shape index (κ1) is 18.7. The molecule has 2 aromatic carbocycles. The Bertz CT molecular complexity index is 816. The topological polar surface area (TPSA) is 25.0 Å². The van der Waals surface area contributed by atoms with Crippen LogP contribution in [0.5, 0.6) is 0 Å². The van der Waals surface area contributed by atoms with Crippen LogP contribution in [0.1, 0.15) is 29.0 Å². The van der Waals surface area contributed by atoms with Crippen LogP contribution in [0.2, 0.25) is 5.02 Å². The van der Waals surface area contributed by atoms with Crippen molar-refractivity contribution in [1.29, 1.82) is 0 Å². The molecule has 0 amide bonds. The fourth-order valence-electron chi connectivity index (χ4n) is 3.25. The second-order valence-electron chi connectivity index (χ2n) is 5.90. The molecule has 0 aliphatic rings. The van der Waals surface area contributed by atoms with Crippen LogP contribution in [0.15, 0.2) is 48.7 Å². The molecule has 0 fully saturated rings. The molecule has 0 aliphatic carbocycles. The molecule has 0 radical (unpaired) electrons. The summed E-state index contributed by atoms with van der Waals surface area (Å²) in [6.07, 6.45) is 7.19. The van der Waals surface area contributed by atoms with Crippen molar-refractivity contribution < 1.29 is 4.18 Å². The summed E-state index contributed by atoms with van der Waals surface area (Å²) in [6.45, 7) is 0.714. The van der Waals surface area contributed by atoms with Gasteiger partial charge in [-0.3, -0.25) is 0 Å². The number of hydrogen-bond donors (Lipinski definition) is 1. The van der Waals surface area contributed by atoms with Gasteiger partial charge in [0.25, 0.3) is 0 Å². The molecule has 0 bridgehead atoms. The van der Waals surface area contributed by atoms with Crippen molar-refractivity contribution in [2.75, 3.05) is 19.1 Å². The number of nitrogens with one attached hydrogen (secondary N) is 1. The first-order valence-corrected chi connectivity index (χ1v) is 11.2. The Labute approximate surface area is 162 Å². The van der Waals surface area contributed by atoms with Crippen LogP contribution in [0.25, 0.3) is 10.9 Å². The van der Waals surface area contributed by atoms with Gasteiger partial charge in [-0.15, -0.1) is 0 Å². The van der Waals surface area contributed by atoms with E-state index >= 15 is 0 Å². The number of benzene rings is 2. The molecule has 1 N–H and O–H groups in total. The van der Waals surface area contributed by atoms with Gasteiger partial charge in [-0.1, -0.05) is 41.9 Å². The number of aromatic nitrogens is 1. The molecule has 1 aromatic heterocycles. The van der Waals surface area contributed by atoms with Crippen LogP contribution >= 0.6 is 35.4 Å². The second-order valence-corrected chi connectivity index (χ2v) is 7.77. The number of fused-ring (bicyclic) bond motifs is 1. The minimum Gasteiger partial charge on any atom is -0.361 e. The number of aromatic amines is 1. The normalized spacial score (nSPS) is 12.6. The number of rotatable bonds is 8. The van der Waals surface area contributed by atoms with Gasteiger partial charge in [-0.05, 0) is 53.5 Å². The van der Waals surface area contributed by atoms with E-state index in [1.807, 2.05) is 30.2 Å². The number of para-hydroxylation sites is 1. The predicted molar refractivity (Wildman–Crippen MR) is 113 cm³/mol. The van der Waals surface area contributed by atoms with Gasteiger partial charge in [0.2, 0.25) is 0 Å². The average Bonchev–Trinajstić information content (AvgIpc) is 3.05. The monoisotopic (exact) mass is 391 g/mol. The van der Waals surface area contributed by atoms with Gasteiger partial charge in [-0.2, -0.15) is 11.8 Å². The van der Waals surface area contributed by atoms with E-state index in [9.17, 15) is 0 Å². The van der Waals surface area contributed by atoms with E-state index in [1.165, 1.54) is 39.6 Å². The highest BCUT2D eigenvalue weighted by atomic mass is 35.5. The molecule has 3 aromatic rings. The van der Waals surface area contributed by atoms with E-state index in [-0.39, 0.29) is 5.92 Å². The van der Waals surface area contributed by atoms with Crippen molar-refractivity contribution in [3.63, 3.8) is 0 Å². The molecule has 0 saturated carbocycles. The molecular formula is C20H22ClNOS2. The predicted octanol–water partition coefficient (Wildman–Crippen LogP) is 6.50. The molecule has 0 saturated heterocycles. The van der Waals surface area contributed by atoms with E-state index < -0.39 is 0 Å². The maximum Gasteiger partial charge on any atom is 0.0622 e.